The Hall–Kier alpha value is -4.11. The van der Waals surface area contributed by atoms with Crippen molar-refractivity contribution < 1.29 is 14.1 Å². The molecule has 0 radical (unpaired) electrons. The molecule has 8 nitrogen and oxygen atoms in total. The SMILES string of the molecule is Cc1ccc2nc(N(/N=C/c3ccco3)C(=O)/C=C/c3ccc([N+](=O)[O-])cc3)sc2c1. The Bertz CT molecular complexity index is 1290. The van der Waals surface area contributed by atoms with Gasteiger partial charge in [0.25, 0.3) is 11.6 Å². The number of aromatic nitrogens is 1. The van der Waals surface area contributed by atoms with Crippen LogP contribution in [-0.2, 0) is 4.79 Å². The Morgan fingerprint density at radius 3 is 2.74 bits per heavy atom. The molecule has 0 N–H and O–H groups in total. The van der Waals surface area contributed by atoms with Crippen molar-refractivity contribution in [2.24, 2.45) is 5.10 Å². The molecule has 2 aromatic heterocycles. The molecule has 4 rings (SSSR count). The van der Waals surface area contributed by atoms with Crippen molar-refractivity contribution in [3.05, 3.63) is 93.9 Å². The second kappa shape index (κ2) is 8.72. The number of fused-ring (bicyclic) bond motifs is 1. The number of hydrogen-bond acceptors (Lipinski definition) is 7. The van der Waals surface area contributed by atoms with Crippen LogP contribution in [0.15, 0.2) is 76.5 Å². The van der Waals surface area contributed by atoms with Gasteiger partial charge in [0.2, 0.25) is 5.13 Å². The Labute approximate surface area is 180 Å². The van der Waals surface area contributed by atoms with E-state index in [1.807, 2.05) is 25.1 Å². The first-order valence-corrected chi connectivity index (χ1v) is 10.0. The molecule has 0 spiro atoms. The minimum absolute atomic E-state index is 0.0158. The molecule has 0 bridgehead atoms. The van der Waals surface area contributed by atoms with E-state index in [2.05, 4.69) is 10.1 Å². The van der Waals surface area contributed by atoms with Crippen molar-refractivity contribution >= 4 is 50.6 Å². The summed E-state index contributed by atoms with van der Waals surface area (Å²) in [5.41, 5.74) is 2.50. The number of nitro benzene ring substituents is 1. The largest absolute Gasteiger partial charge is 0.463 e. The zero-order valence-electron chi connectivity index (χ0n) is 16.3. The van der Waals surface area contributed by atoms with E-state index in [1.54, 1.807) is 30.3 Å². The molecule has 0 unspecified atom stereocenters. The number of nitro groups is 1. The molecule has 154 valence electrons. The number of rotatable bonds is 6. The lowest BCUT2D eigenvalue weighted by molar-refractivity contribution is -0.384. The van der Waals surface area contributed by atoms with Crippen LogP contribution in [0.1, 0.15) is 16.9 Å². The van der Waals surface area contributed by atoms with Crippen LogP contribution in [0.25, 0.3) is 16.3 Å². The molecule has 1 amide bonds. The molecule has 0 saturated heterocycles. The predicted molar refractivity (Wildman–Crippen MR) is 120 cm³/mol. The molecule has 0 aliphatic carbocycles. The molecular formula is C22H16N4O4S. The van der Waals surface area contributed by atoms with Crippen molar-refractivity contribution in [1.29, 1.82) is 0 Å². The fourth-order valence-corrected chi connectivity index (χ4v) is 3.76. The van der Waals surface area contributed by atoms with E-state index in [4.69, 9.17) is 4.42 Å². The summed E-state index contributed by atoms with van der Waals surface area (Å²) in [6, 6.07) is 15.2. The Morgan fingerprint density at radius 2 is 2.03 bits per heavy atom. The smallest absolute Gasteiger partial charge is 0.273 e. The van der Waals surface area contributed by atoms with Gasteiger partial charge in [-0.3, -0.25) is 14.9 Å². The van der Waals surface area contributed by atoms with Crippen molar-refractivity contribution in [2.45, 2.75) is 6.92 Å². The third-order valence-electron chi connectivity index (χ3n) is 4.29. The minimum Gasteiger partial charge on any atom is -0.463 e. The average molecular weight is 432 g/mol. The maximum Gasteiger partial charge on any atom is 0.273 e. The fraction of sp³-hybridized carbons (Fsp3) is 0.0455. The Kier molecular flexibility index (Phi) is 5.67. The summed E-state index contributed by atoms with van der Waals surface area (Å²) in [6.45, 7) is 1.99. The lowest BCUT2D eigenvalue weighted by Crippen LogP contribution is -2.23. The van der Waals surface area contributed by atoms with Crippen LogP contribution in [0, 0.1) is 17.0 Å². The van der Waals surface area contributed by atoms with E-state index < -0.39 is 10.8 Å². The third-order valence-corrected chi connectivity index (χ3v) is 5.28. The van der Waals surface area contributed by atoms with Crippen LogP contribution < -0.4 is 5.01 Å². The molecule has 9 heteroatoms. The van der Waals surface area contributed by atoms with E-state index >= 15 is 0 Å². The van der Waals surface area contributed by atoms with Gasteiger partial charge in [0, 0.05) is 18.2 Å². The van der Waals surface area contributed by atoms with Gasteiger partial charge in [-0.15, -0.1) is 0 Å². The molecule has 2 aromatic carbocycles. The number of carbonyl (C=O) groups excluding carboxylic acids is 1. The molecule has 4 aromatic rings. The normalized spacial score (nSPS) is 11.5. The van der Waals surface area contributed by atoms with Gasteiger partial charge in [-0.1, -0.05) is 17.4 Å². The molecule has 0 saturated carbocycles. The molecule has 0 fully saturated rings. The van der Waals surface area contributed by atoms with Gasteiger partial charge in [0.05, 0.1) is 27.6 Å². The summed E-state index contributed by atoms with van der Waals surface area (Å²) in [5.74, 6) is 0.0750. The van der Waals surface area contributed by atoms with Gasteiger partial charge in [0.15, 0.2) is 0 Å². The second-order valence-corrected chi connectivity index (χ2v) is 7.57. The average Bonchev–Trinajstić information content (AvgIpc) is 3.42. The summed E-state index contributed by atoms with van der Waals surface area (Å²) in [4.78, 5) is 27.8. The van der Waals surface area contributed by atoms with Crippen LogP contribution in [0.2, 0.25) is 0 Å². The first-order valence-electron chi connectivity index (χ1n) is 9.21. The molecule has 0 aliphatic rings. The maximum atomic E-state index is 12.9. The number of benzene rings is 2. The number of amides is 1. The van der Waals surface area contributed by atoms with Crippen molar-refractivity contribution in [3.8, 4) is 0 Å². The van der Waals surface area contributed by atoms with Crippen molar-refractivity contribution in [2.75, 3.05) is 5.01 Å². The topological polar surface area (TPSA) is 102 Å². The summed E-state index contributed by atoms with van der Waals surface area (Å²) >= 11 is 1.35. The van der Waals surface area contributed by atoms with Gasteiger partial charge in [-0.05, 0) is 60.5 Å². The van der Waals surface area contributed by atoms with Gasteiger partial charge in [-0.25, -0.2) is 4.98 Å². The number of anilines is 1. The molecule has 31 heavy (non-hydrogen) atoms. The number of non-ortho nitro benzene ring substituents is 1. The first-order chi connectivity index (χ1) is 15.0. The quantitative estimate of drug-likeness (QED) is 0.181. The van der Waals surface area contributed by atoms with E-state index in [0.29, 0.717) is 16.5 Å². The zero-order valence-corrected chi connectivity index (χ0v) is 17.2. The molecule has 0 aliphatic heterocycles. The van der Waals surface area contributed by atoms with Crippen LogP contribution in [0.4, 0.5) is 10.8 Å². The number of hydrazone groups is 1. The molecular weight excluding hydrogens is 416 g/mol. The number of nitrogens with zero attached hydrogens (tertiary/aromatic N) is 4. The number of furan rings is 1. The maximum absolute atomic E-state index is 12.9. The summed E-state index contributed by atoms with van der Waals surface area (Å²) in [7, 11) is 0. The minimum atomic E-state index is -0.474. The summed E-state index contributed by atoms with van der Waals surface area (Å²) in [5, 5.41) is 16.7. The third kappa shape index (κ3) is 4.73. The highest BCUT2D eigenvalue weighted by Crippen LogP contribution is 2.30. The van der Waals surface area contributed by atoms with Crippen LogP contribution in [0.5, 0.6) is 0 Å². The van der Waals surface area contributed by atoms with Crippen molar-refractivity contribution in [3.63, 3.8) is 0 Å². The Morgan fingerprint density at radius 1 is 1.23 bits per heavy atom. The van der Waals surface area contributed by atoms with Crippen LogP contribution >= 0.6 is 11.3 Å². The van der Waals surface area contributed by atoms with Crippen molar-refractivity contribution in [1.82, 2.24) is 4.98 Å². The van der Waals surface area contributed by atoms with E-state index in [0.717, 1.165) is 15.8 Å². The number of carbonyl (C=O) groups is 1. The predicted octanol–water partition coefficient (Wildman–Crippen LogP) is 5.19. The van der Waals surface area contributed by atoms with Gasteiger partial charge in [0.1, 0.15) is 5.76 Å². The first kappa shape index (κ1) is 20.2. The van der Waals surface area contributed by atoms with Gasteiger partial charge < -0.3 is 4.42 Å². The number of aryl methyl sites for hydroxylation is 1. The summed E-state index contributed by atoms with van der Waals surface area (Å²) < 4.78 is 6.20. The zero-order chi connectivity index (χ0) is 21.8. The number of thiazole rings is 1. The van der Waals surface area contributed by atoms with E-state index in [9.17, 15) is 14.9 Å². The lowest BCUT2D eigenvalue weighted by atomic mass is 10.2. The summed E-state index contributed by atoms with van der Waals surface area (Å²) in [6.07, 6.45) is 5.87. The van der Waals surface area contributed by atoms with Crippen LogP contribution in [-0.4, -0.2) is 22.0 Å². The lowest BCUT2D eigenvalue weighted by Gasteiger charge is -2.10. The second-order valence-electron chi connectivity index (χ2n) is 6.56. The molecule has 2 heterocycles. The highest BCUT2D eigenvalue weighted by Gasteiger charge is 2.17. The van der Waals surface area contributed by atoms with Gasteiger partial charge >= 0.3 is 0 Å². The standard InChI is InChI=1S/C22H16N4O4S/c1-15-4-10-19-20(13-15)31-22(24-19)25(23-14-18-3-2-12-30-18)21(27)11-7-16-5-8-17(9-6-16)26(28)29/h2-14H,1H3/b11-7+,23-14+. The highest BCUT2D eigenvalue weighted by atomic mass is 32.1. The monoisotopic (exact) mass is 432 g/mol. The Balaban J connectivity index is 1.63. The van der Waals surface area contributed by atoms with E-state index in [1.165, 1.54) is 47.0 Å². The van der Waals surface area contributed by atoms with Gasteiger partial charge in [-0.2, -0.15) is 10.1 Å². The van der Waals surface area contributed by atoms with Crippen LogP contribution in [0.3, 0.4) is 0 Å². The van der Waals surface area contributed by atoms with E-state index in [-0.39, 0.29) is 5.69 Å². The highest BCUT2D eigenvalue weighted by molar-refractivity contribution is 7.22. The number of hydrogen-bond donors (Lipinski definition) is 0. The molecule has 0 atom stereocenters. The fourth-order valence-electron chi connectivity index (χ4n) is 2.74.